The molecule has 0 atom stereocenters. The molecular weight excluding hydrogens is 182 g/mol. The highest BCUT2D eigenvalue weighted by Gasteiger charge is 2.10. The normalized spacial score (nSPS) is 9.86. The Hall–Kier alpha value is -1.71. The van der Waals surface area contributed by atoms with Gasteiger partial charge in [-0.3, -0.25) is 0 Å². The van der Waals surface area contributed by atoms with Gasteiger partial charge in [-0.25, -0.2) is 4.79 Å². The maximum absolute atomic E-state index is 11.3. The van der Waals surface area contributed by atoms with Gasteiger partial charge in [-0.15, -0.1) is 0 Å². The standard InChI is InChI=1S/C10H13NO3/c1-3-14-10(13)7-4-6(2)9(12)8(11)5-7/h4-5,12H,3,11H2,1-2H3. The molecule has 0 bridgehead atoms. The number of carbonyl (C=O) groups is 1. The molecule has 0 aromatic heterocycles. The lowest BCUT2D eigenvalue weighted by atomic mass is 10.1. The van der Waals surface area contributed by atoms with Crippen LogP contribution in [0.1, 0.15) is 22.8 Å². The molecule has 0 heterocycles. The predicted octanol–water partition coefficient (Wildman–Crippen LogP) is 1.46. The smallest absolute Gasteiger partial charge is 0.338 e. The molecule has 0 radical (unpaired) electrons. The van der Waals surface area contributed by atoms with Crippen molar-refractivity contribution in [3.63, 3.8) is 0 Å². The summed E-state index contributed by atoms with van der Waals surface area (Å²) in [5, 5.41) is 9.37. The number of phenolic OH excluding ortho intramolecular Hbond substituents is 1. The van der Waals surface area contributed by atoms with Crippen molar-refractivity contribution in [1.29, 1.82) is 0 Å². The third-order valence-electron chi connectivity index (χ3n) is 1.84. The first-order valence-electron chi connectivity index (χ1n) is 4.32. The Morgan fingerprint density at radius 2 is 2.21 bits per heavy atom. The molecule has 14 heavy (non-hydrogen) atoms. The lowest BCUT2D eigenvalue weighted by molar-refractivity contribution is 0.0526. The second-order valence-corrected chi connectivity index (χ2v) is 2.95. The van der Waals surface area contributed by atoms with Gasteiger partial charge in [0.2, 0.25) is 0 Å². The minimum absolute atomic E-state index is 0.0121. The fourth-order valence-electron chi connectivity index (χ4n) is 1.14. The lowest BCUT2D eigenvalue weighted by Gasteiger charge is -2.06. The van der Waals surface area contributed by atoms with E-state index in [2.05, 4.69) is 0 Å². The van der Waals surface area contributed by atoms with Gasteiger partial charge >= 0.3 is 5.97 Å². The van der Waals surface area contributed by atoms with Crippen LogP contribution in [0.2, 0.25) is 0 Å². The molecule has 1 aromatic rings. The molecule has 0 aliphatic carbocycles. The van der Waals surface area contributed by atoms with Crippen LogP contribution in [0.25, 0.3) is 0 Å². The maximum Gasteiger partial charge on any atom is 0.338 e. The second-order valence-electron chi connectivity index (χ2n) is 2.95. The summed E-state index contributed by atoms with van der Waals surface area (Å²) in [4.78, 5) is 11.3. The van der Waals surface area contributed by atoms with Crippen molar-refractivity contribution in [3.05, 3.63) is 23.3 Å². The highest BCUT2D eigenvalue weighted by atomic mass is 16.5. The first kappa shape index (κ1) is 10.4. The number of hydrogen-bond acceptors (Lipinski definition) is 4. The number of anilines is 1. The number of carbonyl (C=O) groups excluding carboxylic acids is 1. The van der Waals surface area contributed by atoms with Crippen LogP contribution >= 0.6 is 0 Å². The summed E-state index contributed by atoms with van der Waals surface area (Å²) < 4.78 is 4.80. The van der Waals surface area contributed by atoms with Crippen LogP contribution in [0.15, 0.2) is 12.1 Å². The van der Waals surface area contributed by atoms with Crippen molar-refractivity contribution in [3.8, 4) is 5.75 Å². The van der Waals surface area contributed by atoms with Gasteiger partial charge in [-0.05, 0) is 31.5 Å². The van der Waals surface area contributed by atoms with Crippen molar-refractivity contribution in [2.75, 3.05) is 12.3 Å². The van der Waals surface area contributed by atoms with Gasteiger partial charge in [0.15, 0.2) is 0 Å². The Labute approximate surface area is 82.3 Å². The fourth-order valence-corrected chi connectivity index (χ4v) is 1.14. The Morgan fingerprint density at radius 1 is 1.57 bits per heavy atom. The van der Waals surface area contributed by atoms with Crippen molar-refractivity contribution >= 4 is 11.7 Å². The molecule has 4 nitrogen and oxygen atoms in total. The Morgan fingerprint density at radius 3 is 2.71 bits per heavy atom. The van der Waals surface area contributed by atoms with Gasteiger partial charge in [0.1, 0.15) is 5.75 Å². The molecule has 4 heteroatoms. The van der Waals surface area contributed by atoms with Gasteiger partial charge in [0.05, 0.1) is 17.9 Å². The van der Waals surface area contributed by atoms with Crippen molar-refractivity contribution in [1.82, 2.24) is 0 Å². The molecule has 3 N–H and O–H groups in total. The Balaban J connectivity index is 3.06. The van der Waals surface area contributed by atoms with E-state index < -0.39 is 5.97 Å². The maximum atomic E-state index is 11.3. The zero-order chi connectivity index (χ0) is 10.7. The van der Waals surface area contributed by atoms with Crippen molar-refractivity contribution in [2.24, 2.45) is 0 Å². The average molecular weight is 195 g/mol. The molecule has 0 amide bonds. The summed E-state index contributed by atoms with van der Waals surface area (Å²) in [5.41, 5.74) is 6.61. The molecule has 0 fully saturated rings. The third-order valence-corrected chi connectivity index (χ3v) is 1.84. The molecule has 0 unspecified atom stereocenters. The molecule has 0 aliphatic rings. The first-order valence-corrected chi connectivity index (χ1v) is 4.32. The lowest BCUT2D eigenvalue weighted by Crippen LogP contribution is -2.05. The summed E-state index contributed by atoms with van der Waals surface area (Å²) in [6.45, 7) is 3.72. The number of nitrogen functional groups attached to an aromatic ring is 1. The van der Waals surface area contributed by atoms with Gasteiger partial charge in [-0.1, -0.05) is 0 Å². The molecule has 76 valence electrons. The molecule has 0 aliphatic heterocycles. The van der Waals surface area contributed by atoms with E-state index in [1.807, 2.05) is 0 Å². The molecule has 0 spiro atoms. The third kappa shape index (κ3) is 1.96. The van der Waals surface area contributed by atoms with E-state index in [1.165, 1.54) is 6.07 Å². The van der Waals surface area contributed by atoms with Gasteiger partial charge in [-0.2, -0.15) is 0 Å². The van der Waals surface area contributed by atoms with Gasteiger partial charge in [0.25, 0.3) is 0 Å². The minimum atomic E-state index is -0.428. The number of phenols is 1. The number of esters is 1. The van der Waals surface area contributed by atoms with Crippen LogP contribution < -0.4 is 5.73 Å². The number of hydrogen-bond donors (Lipinski definition) is 2. The zero-order valence-electron chi connectivity index (χ0n) is 8.20. The van der Waals surface area contributed by atoms with Crippen molar-refractivity contribution in [2.45, 2.75) is 13.8 Å². The largest absolute Gasteiger partial charge is 0.506 e. The van der Waals surface area contributed by atoms with E-state index in [1.54, 1.807) is 19.9 Å². The van der Waals surface area contributed by atoms with E-state index >= 15 is 0 Å². The van der Waals surface area contributed by atoms with Crippen LogP contribution in [0.4, 0.5) is 5.69 Å². The number of ether oxygens (including phenoxy) is 1. The quantitative estimate of drug-likeness (QED) is 0.425. The number of nitrogens with two attached hydrogens (primary N) is 1. The second kappa shape index (κ2) is 4.00. The average Bonchev–Trinajstić information content (AvgIpc) is 2.13. The van der Waals surface area contributed by atoms with E-state index in [-0.39, 0.29) is 11.4 Å². The highest BCUT2D eigenvalue weighted by Crippen LogP contribution is 2.26. The summed E-state index contributed by atoms with van der Waals surface area (Å²) >= 11 is 0. The fraction of sp³-hybridized carbons (Fsp3) is 0.300. The molecule has 0 saturated heterocycles. The highest BCUT2D eigenvalue weighted by molar-refractivity contribution is 5.91. The number of aromatic hydroxyl groups is 1. The molecular formula is C10H13NO3. The molecule has 1 aromatic carbocycles. The van der Waals surface area contributed by atoms with E-state index in [4.69, 9.17) is 10.5 Å². The number of rotatable bonds is 2. The van der Waals surface area contributed by atoms with Crippen LogP contribution in [0, 0.1) is 6.92 Å². The van der Waals surface area contributed by atoms with E-state index in [9.17, 15) is 9.90 Å². The van der Waals surface area contributed by atoms with Gasteiger partial charge in [0, 0.05) is 0 Å². The summed E-state index contributed by atoms with van der Waals surface area (Å²) in [7, 11) is 0. The van der Waals surface area contributed by atoms with Crippen LogP contribution in [0.3, 0.4) is 0 Å². The summed E-state index contributed by atoms with van der Waals surface area (Å²) in [6, 6.07) is 2.95. The van der Waals surface area contributed by atoms with Crippen molar-refractivity contribution < 1.29 is 14.6 Å². The Bertz CT molecular complexity index is 337. The molecule has 1 rings (SSSR count). The predicted molar refractivity (Wildman–Crippen MR) is 53.2 cm³/mol. The van der Waals surface area contributed by atoms with Crippen LogP contribution in [-0.4, -0.2) is 17.7 Å². The molecule has 0 saturated carbocycles. The zero-order valence-corrected chi connectivity index (χ0v) is 8.20. The van der Waals surface area contributed by atoms with E-state index in [0.29, 0.717) is 17.7 Å². The van der Waals surface area contributed by atoms with Crippen LogP contribution in [-0.2, 0) is 4.74 Å². The SMILES string of the molecule is CCOC(=O)c1cc(C)c(O)c(N)c1. The first-order chi connectivity index (χ1) is 6.56. The van der Waals surface area contributed by atoms with Crippen LogP contribution in [0.5, 0.6) is 5.75 Å². The van der Waals surface area contributed by atoms with Gasteiger partial charge < -0.3 is 15.6 Å². The Kier molecular flexibility index (Phi) is 2.96. The minimum Gasteiger partial charge on any atom is -0.506 e. The topological polar surface area (TPSA) is 72.5 Å². The monoisotopic (exact) mass is 195 g/mol. The summed E-state index contributed by atoms with van der Waals surface area (Å²) in [6.07, 6.45) is 0. The van der Waals surface area contributed by atoms with E-state index in [0.717, 1.165) is 0 Å². The number of benzene rings is 1. The number of aryl methyl sites for hydroxylation is 1. The summed E-state index contributed by atoms with van der Waals surface area (Å²) in [5.74, 6) is -0.416.